The Bertz CT molecular complexity index is 1490. The van der Waals surface area contributed by atoms with E-state index in [0.717, 1.165) is 11.8 Å². The summed E-state index contributed by atoms with van der Waals surface area (Å²) in [6.45, 7) is 5.81. The molecule has 0 saturated heterocycles. The van der Waals surface area contributed by atoms with Crippen LogP contribution in [0.25, 0.3) is 0 Å². The Kier molecular flexibility index (Phi) is 11.7. The Hall–Kier alpha value is -2.78. The van der Waals surface area contributed by atoms with Crippen molar-refractivity contribution < 1.29 is 18.0 Å². The molecule has 1 atom stereocenters. The van der Waals surface area contributed by atoms with E-state index in [-0.39, 0.29) is 44.2 Å². The smallest absolute Gasteiger partial charge is 0.243 e. The molecule has 0 heterocycles. The van der Waals surface area contributed by atoms with Crippen LogP contribution >= 0.6 is 34.8 Å². The summed E-state index contributed by atoms with van der Waals surface area (Å²) < 4.78 is 26.4. The maximum absolute atomic E-state index is 13.9. The quantitative estimate of drug-likeness (QED) is 0.235. The number of amides is 2. The van der Waals surface area contributed by atoms with Gasteiger partial charge in [0.2, 0.25) is 21.8 Å². The van der Waals surface area contributed by atoms with E-state index in [2.05, 4.69) is 5.32 Å². The van der Waals surface area contributed by atoms with Crippen LogP contribution in [0.4, 0.5) is 5.69 Å². The minimum Gasteiger partial charge on any atom is -0.350 e. The number of sulfonamides is 1. The predicted molar refractivity (Wildman–Crippen MR) is 172 cm³/mol. The van der Waals surface area contributed by atoms with Crippen LogP contribution in [0, 0.1) is 0 Å². The van der Waals surface area contributed by atoms with Gasteiger partial charge in [0.15, 0.2) is 0 Å². The van der Waals surface area contributed by atoms with Gasteiger partial charge in [0.05, 0.1) is 22.0 Å². The van der Waals surface area contributed by atoms with Crippen molar-refractivity contribution >= 4 is 62.3 Å². The first-order valence-corrected chi connectivity index (χ1v) is 16.4. The number of halogens is 3. The largest absolute Gasteiger partial charge is 0.350 e. The van der Waals surface area contributed by atoms with Gasteiger partial charge in [-0.3, -0.25) is 13.9 Å². The number of carbonyl (C=O) groups is 2. The van der Waals surface area contributed by atoms with E-state index in [1.807, 2.05) is 51.1 Å². The van der Waals surface area contributed by atoms with Gasteiger partial charge >= 0.3 is 0 Å². The lowest BCUT2D eigenvalue weighted by atomic mass is 10.00. The molecule has 0 aromatic heterocycles. The molecule has 0 aliphatic carbocycles. The molecule has 3 aromatic rings. The van der Waals surface area contributed by atoms with Gasteiger partial charge in [0.25, 0.3) is 0 Å². The van der Waals surface area contributed by atoms with Crippen LogP contribution < -0.4 is 9.62 Å². The average Bonchev–Trinajstić information content (AvgIpc) is 2.89. The number of benzene rings is 3. The molecule has 0 unspecified atom stereocenters. The van der Waals surface area contributed by atoms with E-state index in [1.165, 1.54) is 9.21 Å². The SMILES string of the molecule is CC(C)(C)NC(=O)[C@H](Cc1ccccc1)N(Cc1ccc(Cl)c(Cl)c1)C(=O)CCCN(c1cccc(Cl)c1)S(C)(=O)=O. The van der Waals surface area contributed by atoms with E-state index in [9.17, 15) is 18.0 Å². The minimum atomic E-state index is -3.64. The van der Waals surface area contributed by atoms with Gasteiger partial charge in [-0.05, 0) is 68.7 Å². The molecule has 0 spiro atoms. The molecule has 1 N–H and O–H groups in total. The molecule has 0 aliphatic heterocycles. The zero-order valence-corrected chi connectivity index (χ0v) is 27.2. The zero-order valence-electron chi connectivity index (χ0n) is 24.1. The molecule has 0 radical (unpaired) electrons. The molecule has 11 heteroatoms. The van der Waals surface area contributed by atoms with E-state index >= 15 is 0 Å². The highest BCUT2D eigenvalue weighted by Crippen LogP contribution is 2.26. The molecule has 0 fully saturated rings. The second-order valence-electron chi connectivity index (χ2n) is 11.1. The first-order chi connectivity index (χ1) is 19.6. The summed E-state index contributed by atoms with van der Waals surface area (Å²) in [5.41, 5.74) is 1.48. The maximum atomic E-state index is 13.9. The van der Waals surface area contributed by atoms with Crippen molar-refractivity contribution in [1.82, 2.24) is 10.2 Å². The maximum Gasteiger partial charge on any atom is 0.243 e. The first kappa shape index (κ1) is 33.7. The third-order valence-corrected chi connectivity index (χ3v) is 8.52. The summed E-state index contributed by atoms with van der Waals surface area (Å²) in [7, 11) is -3.64. The number of nitrogens with zero attached hydrogens (tertiary/aromatic N) is 2. The number of hydrogen-bond donors (Lipinski definition) is 1. The Balaban J connectivity index is 1.93. The highest BCUT2D eigenvalue weighted by molar-refractivity contribution is 7.92. The fourth-order valence-electron chi connectivity index (χ4n) is 4.48. The second kappa shape index (κ2) is 14.6. The topological polar surface area (TPSA) is 86.8 Å². The first-order valence-electron chi connectivity index (χ1n) is 13.5. The van der Waals surface area contributed by atoms with Crippen LogP contribution in [0.5, 0.6) is 0 Å². The van der Waals surface area contributed by atoms with Crippen LogP contribution in [0.1, 0.15) is 44.7 Å². The van der Waals surface area contributed by atoms with Crippen LogP contribution in [0.15, 0.2) is 72.8 Å². The van der Waals surface area contributed by atoms with Crippen LogP contribution in [-0.4, -0.2) is 49.5 Å². The van der Waals surface area contributed by atoms with Gasteiger partial charge in [-0.1, -0.05) is 77.3 Å². The molecule has 42 heavy (non-hydrogen) atoms. The Labute approximate surface area is 263 Å². The van der Waals surface area contributed by atoms with E-state index in [4.69, 9.17) is 34.8 Å². The molecular weight excluding hydrogens is 617 g/mol. The average molecular weight is 653 g/mol. The highest BCUT2D eigenvalue weighted by Gasteiger charge is 2.32. The summed E-state index contributed by atoms with van der Waals surface area (Å²) >= 11 is 18.5. The predicted octanol–water partition coefficient (Wildman–Crippen LogP) is 6.75. The normalized spacial score (nSPS) is 12.5. The lowest BCUT2D eigenvalue weighted by Gasteiger charge is -2.34. The zero-order chi connectivity index (χ0) is 31.1. The standard InChI is InChI=1S/C31H36Cl3N3O4S/c1-31(2,3)35-30(39)28(19-22-10-6-5-7-11-22)36(21-23-15-16-26(33)27(34)18-23)29(38)14-9-17-37(42(4,40)41)25-13-8-12-24(32)20-25/h5-8,10-13,15-16,18,20,28H,9,14,17,19,21H2,1-4H3,(H,35,39)/t28-/m0/s1. The Morgan fingerprint density at radius 2 is 1.57 bits per heavy atom. The molecule has 7 nitrogen and oxygen atoms in total. The number of nitrogens with one attached hydrogen (secondary N) is 1. The van der Waals surface area contributed by atoms with E-state index in [0.29, 0.717) is 26.3 Å². The highest BCUT2D eigenvalue weighted by atomic mass is 35.5. The van der Waals surface area contributed by atoms with Crippen LogP contribution in [0.2, 0.25) is 15.1 Å². The third kappa shape index (κ3) is 10.2. The molecule has 0 saturated carbocycles. The van der Waals surface area contributed by atoms with Gasteiger partial charge in [-0.25, -0.2) is 8.42 Å². The van der Waals surface area contributed by atoms with Gasteiger partial charge in [-0.2, -0.15) is 0 Å². The number of rotatable bonds is 12. The van der Waals surface area contributed by atoms with Crippen molar-refractivity contribution in [1.29, 1.82) is 0 Å². The van der Waals surface area contributed by atoms with E-state index < -0.39 is 21.6 Å². The van der Waals surface area contributed by atoms with Crippen molar-refractivity contribution in [2.75, 3.05) is 17.1 Å². The van der Waals surface area contributed by atoms with Gasteiger partial charge in [0.1, 0.15) is 6.04 Å². The Morgan fingerprint density at radius 3 is 2.17 bits per heavy atom. The molecular formula is C31H36Cl3N3O4S. The summed E-state index contributed by atoms with van der Waals surface area (Å²) in [5.74, 6) is -0.595. The third-order valence-electron chi connectivity index (χ3n) is 6.35. The monoisotopic (exact) mass is 651 g/mol. The van der Waals surface area contributed by atoms with Crippen molar-refractivity contribution in [2.45, 2.75) is 58.2 Å². The molecule has 226 valence electrons. The molecule has 2 amide bonds. The number of hydrogen-bond acceptors (Lipinski definition) is 4. The van der Waals surface area contributed by atoms with Crippen molar-refractivity contribution in [2.24, 2.45) is 0 Å². The number of anilines is 1. The Morgan fingerprint density at radius 1 is 0.881 bits per heavy atom. The summed E-state index contributed by atoms with van der Waals surface area (Å²) in [6.07, 6.45) is 1.62. The van der Waals surface area contributed by atoms with Crippen LogP contribution in [-0.2, 0) is 32.6 Å². The lowest BCUT2D eigenvalue weighted by Crippen LogP contribution is -2.54. The summed E-state index contributed by atoms with van der Waals surface area (Å²) in [6, 6.07) is 20.3. The van der Waals surface area contributed by atoms with Crippen molar-refractivity contribution in [3.05, 3.63) is 99.0 Å². The fraction of sp³-hybridized carbons (Fsp3) is 0.355. The van der Waals surface area contributed by atoms with Gasteiger partial charge in [0, 0.05) is 36.5 Å². The second-order valence-corrected chi connectivity index (χ2v) is 14.3. The van der Waals surface area contributed by atoms with Crippen molar-refractivity contribution in [3.63, 3.8) is 0 Å². The number of carbonyl (C=O) groups excluding carboxylic acids is 2. The summed E-state index contributed by atoms with van der Waals surface area (Å²) in [4.78, 5) is 29.2. The molecule has 0 bridgehead atoms. The molecule has 3 rings (SSSR count). The lowest BCUT2D eigenvalue weighted by molar-refractivity contribution is -0.142. The minimum absolute atomic E-state index is 0.00198. The van der Waals surface area contributed by atoms with Crippen LogP contribution in [0.3, 0.4) is 0 Å². The van der Waals surface area contributed by atoms with Gasteiger partial charge in [-0.15, -0.1) is 0 Å². The molecule has 3 aromatic carbocycles. The molecule has 0 aliphatic rings. The summed E-state index contributed by atoms with van der Waals surface area (Å²) in [5, 5.41) is 4.14. The van der Waals surface area contributed by atoms with Crippen molar-refractivity contribution in [3.8, 4) is 0 Å². The van der Waals surface area contributed by atoms with E-state index in [1.54, 1.807) is 42.5 Å². The fourth-order valence-corrected chi connectivity index (χ4v) is 5.94. The van der Waals surface area contributed by atoms with Gasteiger partial charge < -0.3 is 10.2 Å².